The van der Waals surface area contributed by atoms with Crippen LogP contribution < -0.4 is 0 Å². The summed E-state index contributed by atoms with van der Waals surface area (Å²) in [6.45, 7) is -0.760. The molecule has 10 nitrogen and oxygen atoms in total. The molecule has 4 atom stereocenters. The van der Waals surface area contributed by atoms with Gasteiger partial charge >= 0.3 is 30.5 Å². The van der Waals surface area contributed by atoms with Crippen LogP contribution in [0.2, 0.25) is 0 Å². The van der Waals surface area contributed by atoms with E-state index in [9.17, 15) is 4.79 Å². The van der Waals surface area contributed by atoms with Crippen LogP contribution in [0.15, 0.2) is 0 Å². The van der Waals surface area contributed by atoms with E-state index in [1.165, 1.54) is 0 Å². The second-order valence-electron chi connectivity index (χ2n) is 2.87. The molecule has 0 aliphatic rings. The van der Waals surface area contributed by atoms with Crippen LogP contribution in [0.5, 0.6) is 0 Å². The molecule has 0 saturated carbocycles. The van der Waals surface area contributed by atoms with Crippen LogP contribution in [-0.4, -0.2) is 89.6 Å². The quantitative estimate of drug-likeness (QED) is 0.178. The zero-order valence-corrected chi connectivity index (χ0v) is 10.3. The van der Waals surface area contributed by atoms with Crippen molar-refractivity contribution in [2.45, 2.75) is 24.4 Å². The third-order valence-corrected chi connectivity index (χ3v) is 1.42. The molecule has 0 aromatic carbocycles. The van der Waals surface area contributed by atoms with E-state index in [1.807, 2.05) is 0 Å². The van der Waals surface area contributed by atoms with Crippen molar-refractivity contribution in [1.29, 1.82) is 0 Å². The predicted molar refractivity (Wildman–Crippen MR) is 50.3 cm³/mol. The molecule has 0 aliphatic heterocycles. The Morgan fingerprint density at radius 1 is 1.00 bits per heavy atom. The summed E-state index contributed by atoms with van der Waals surface area (Å²) in [5, 5.41) is 43.5. The Bertz CT molecular complexity index is 243. The van der Waals surface area contributed by atoms with Gasteiger partial charge in [0.05, 0.1) is 6.61 Å². The van der Waals surface area contributed by atoms with Crippen LogP contribution in [0.3, 0.4) is 0 Å². The Morgan fingerprint density at radius 2 is 1.35 bits per heavy atom. The zero-order valence-electron chi connectivity index (χ0n) is 8.44. The van der Waals surface area contributed by atoms with Gasteiger partial charge in [0.15, 0.2) is 6.29 Å². The number of aldehydes is 1. The minimum absolute atomic E-state index is 0.0258. The predicted octanol–water partition coefficient (Wildman–Crippen LogP) is -5.55. The van der Waals surface area contributed by atoms with Gasteiger partial charge in [-0.05, 0) is 0 Å². The third kappa shape index (κ3) is 12.0. The number of hydrogen-bond acceptors (Lipinski definition) is 7. The molecule has 0 unspecified atom stereocenters. The molecule has 0 saturated heterocycles. The Kier molecular flexibility index (Phi) is 9.81. The summed E-state index contributed by atoms with van der Waals surface area (Å²) in [4.78, 5) is 9.90. The van der Waals surface area contributed by atoms with Crippen molar-refractivity contribution in [3.8, 4) is 0 Å². The normalized spacial score (nSPS) is 18.4. The first-order valence-corrected chi connectivity index (χ1v) is 7.39. The van der Waals surface area contributed by atoms with Gasteiger partial charge in [-0.25, -0.2) is 0 Å². The summed E-state index contributed by atoms with van der Waals surface area (Å²) in [5.41, 5.74) is 0. The van der Waals surface area contributed by atoms with E-state index in [-0.39, 0.29) is 6.29 Å². The fourth-order valence-corrected chi connectivity index (χ4v) is 0.618. The molecule has 0 fully saturated rings. The molecule has 0 radical (unpaired) electrons. The fraction of sp³-hybridized carbons (Fsp3) is 0.833. The van der Waals surface area contributed by atoms with E-state index >= 15 is 0 Å². The average Bonchev–Trinajstić information content (AvgIpc) is 2.22. The molecule has 0 aromatic heterocycles. The molecular formula is C6H15AsO10. The van der Waals surface area contributed by atoms with Gasteiger partial charge in [0.1, 0.15) is 24.4 Å². The monoisotopic (exact) mass is 322 g/mol. The van der Waals surface area contributed by atoms with Crippen molar-refractivity contribution in [3.05, 3.63) is 0 Å². The van der Waals surface area contributed by atoms with Crippen molar-refractivity contribution < 1.29 is 46.4 Å². The molecule has 104 valence electrons. The summed E-state index contributed by atoms with van der Waals surface area (Å²) in [6, 6.07) is 0. The van der Waals surface area contributed by atoms with Crippen molar-refractivity contribution in [2.75, 3.05) is 6.61 Å². The van der Waals surface area contributed by atoms with E-state index in [0.717, 1.165) is 0 Å². The number of carbonyl (C=O) groups excluding carboxylic acids is 1. The summed E-state index contributed by atoms with van der Waals surface area (Å²) >= 11 is -5.12. The third-order valence-electron chi connectivity index (χ3n) is 1.42. The Hall–Kier alpha value is -0.292. The molecule has 0 rings (SSSR count). The molecule has 0 aliphatic carbocycles. The van der Waals surface area contributed by atoms with Crippen LogP contribution in [-0.2, 0) is 8.53 Å². The van der Waals surface area contributed by atoms with E-state index < -0.39 is 45.5 Å². The first-order chi connectivity index (χ1) is 7.54. The maximum atomic E-state index is 9.90. The SMILES string of the molecule is O=C[C@H](O)[C@@H](O)[C@H](O)[C@H](O)CO.O=[As](O)(O)O. The van der Waals surface area contributed by atoms with Crippen LogP contribution in [0.1, 0.15) is 0 Å². The van der Waals surface area contributed by atoms with E-state index in [4.69, 9.17) is 41.6 Å². The molecule has 0 heterocycles. The van der Waals surface area contributed by atoms with Crippen molar-refractivity contribution in [2.24, 2.45) is 0 Å². The van der Waals surface area contributed by atoms with Gasteiger partial charge < -0.3 is 30.3 Å². The van der Waals surface area contributed by atoms with Gasteiger partial charge in [-0.1, -0.05) is 0 Å². The summed E-state index contributed by atoms with van der Waals surface area (Å²) < 4.78 is 30.7. The zero-order chi connectivity index (χ0) is 14.2. The standard InChI is InChI=1S/C6H12O6.AsH3O4/c7-1-3(9)5(11)6(12)4(10)2-8;2-1(3,4)5/h1,3-6,8-12H,2H2;(H3,2,3,4,5)/t3-,4+,5+,6+;/m0./s1. The van der Waals surface area contributed by atoms with Crippen LogP contribution in [0.4, 0.5) is 0 Å². The topological polar surface area (TPSA) is 196 Å². The van der Waals surface area contributed by atoms with Gasteiger partial charge in [0, 0.05) is 0 Å². The fourth-order valence-electron chi connectivity index (χ4n) is 0.618. The number of hydrogen-bond donors (Lipinski definition) is 8. The van der Waals surface area contributed by atoms with Crippen LogP contribution in [0, 0.1) is 0 Å². The average molecular weight is 322 g/mol. The van der Waals surface area contributed by atoms with Crippen LogP contribution in [0.25, 0.3) is 0 Å². The number of rotatable bonds is 5. The Labute approximate surface area is 98.7 Å². The molecular weight excluding hydrogens is 307 g/mol. The molecule has 0 aromatic rings. The van der Waals surface area contributed by atoms with Gasteiger partial charge in [-0.2, -0.15) is 0 Å². The van der Waals surface area contributed by atoms with Gasteiger partial charge in [-0.3, -0.25) is 0 Å². The maximum absolute atomic E-state index is 9.90. The van der Waals surface area contributed by atoms with Gasteiger partial charge in [0.25, 0.3) is 0 Å². The number of aliphatic hydroxyl groups is 5. The Morgan fingerprint density at radius 3 is 1.59 bits per heavy atom. The van der Waals surface area contributed by atoms with Crippen molar-refractivity contribution in [1.82, 2.24) is 0 Å². The molecule has 17 heavy (non-hydrogen) atoms. The number of carbonyl (C=O) groups is 1. The molecule has 0 bridgehead atoms. The van der Waals surface area contributed by atoms with E-state index in [1.54, 1.807) is 0 Å². The summed E-state index contributed by atoms with van der Waals surface area (Å²) in [6.07, 6.45) is -6.84. The van der Waals surface area contributed by atoms with Crippen molar-refractivity contribution in [3.63, 3.8) is 0 Å². The van der Waals surface area contributed by atoms with E-state index in [2.05, 4.69) is 0 Å². The molecule has 0 spiro atoms. The molecule has 8 N–H and O–H groups in total. The summed E-state index contributed by atoms with van der Waals surface area (Å²) in [5.74, 6) is 0. The van der Waals surface area contributed by atoms with Gasteiger partial charge in [0.2, 0.25) is 0 Å². The summed E-state index contributed by atoms with van der Waals surface area (Å²) in [7, 11) is 0. The van der Waals surface area contributed by atoms with Crippen molar-refractivity contribution >= 4 is 20.8 Å². The van der Waals surface area contributed by atoms with Gasteiger partial charge in [-0.15, -0.1) is 0 Å². The number of aliphatic hydroxyl groups excluding tert-OH is 5. The second-order valence-corrected chi connectivity index (χ2v) is 5.02. The van der Waals surface area contributed by atoms with Crippen LogP contribution >= 0.6 is 0 Å². The molecule has 0 amide bonds. The second kappa shape index (κ2) is 8.75. The first kappa shape index (κ1) is 19.1. The first-order valence-electron chi connectivity index (χ1n) is 4.11. The van der Waals surface area contributed by atoms with E-state index in [0.29, 0.717) is 0 Å². The minimum atomic E-state index is -5.12. The molecule has 11 heteroatoms. The Balaban J connectivity index is 0.